The smallest absolute Gasteiger partial charge is 0.404 e. The summed E-state index contributed by atoms with van der Waals surface area (Å²) in [5.41, 5.74) is 7.77. The summed E-state index contributed by atoms with van der Waals surface area (Å²) in [6.45, 7) is 1.62. The Morgan fingerprint density at radius 1 is 1.13 bits per heavy atom. The summed E-state index contributed by atoms with van der Waals surface area (Å²) in [6.07, 6.45) is -3.30. The molecular weight excluding hydrogens is 512 g/mol. The molecule has 1 saturated heterocycles. The Bertz CT molecular complexity index is 888. The van der Waals surface area contributed by atoms with Crippen LogP contribution in [0.2, 0.25) is 0 Å². The van der Waals surface area contributed by atoms with Crippen LogP contribution in [-0.2, 0) is 17.9 Å². The second-order valence-corrected chi connectivity index (χ2v) is 6.61. The van der Waals surface area contributed by atoms with Crippen molar-refractivity contribution in [3.63, 3.8) is 0 Å². The molecule has 162 valence electrons. The minimum absolute atomic E-state index is 0. The number of guanidine groups is 1. The van der Waals surface area contributed by atoms with Crippen molar-refractivity contribution in [2.45, 2.75) is 32.3 Å². The van der Waals surface area contributed by atoms with Gasteiger partial charge in [-0.05, 0) is 29.7 Å². The Hall–Kier alpha value is -2.50. The first-order chi connectivity index (χ1) is 13.8. The molecule has 1 heterocycles. The lowest BCUT2D eigenvalue weighted by atomic mass is 10.1. The standard InChI is InChI=1S/C20H21F3N4O2.HI/c21-20(22,23)29-17-5-2-1-4-16(17)26-19(24)25-12-14-7-9-15(10-8-14)13-27-11-3-6-18(27)28;/h1-2,4-5,7-10H,3,6,11-13H2,(H3,24,25,26);1H. The first kappa shape index (κ1) is 23.8. The van der Waals surface area contributed by atoms with Gasteiger partial charge in [0.15, 0.2) is 11.7 Å². The normalized spacial score (nSPS) is 14.4. The number of nitrogens with one attached hydrogen (secondary N) is 1. The molecule has 3 rings (SSSR count). The quantitative estimate of drug-likeness (QED) is 0.330. The van der Waals surface area contributed by atoms with Gasteiger partial charge in [-0.1, -0.05) is 36.4 Å². The van der Waals surface area contributed by atoms with Crippen LogP contribution in [0.25, 0.3) is 0 Å². The summed E-state index contributed by atoms with van der Waals surface area (Å²) < 4.78 is 41.4. The van der Waals surface area contributed by atoms with Crippen LogP contribution in [0.1, 0.15) is 24.0 Å². The van der Waals surface area contributed by atoms with Crippen molar-refractivity contribution >= 4 is 41.5 Å². The molecule has 1 amide bonds. The maximum atomic E-state index is 12.5. The van der Waals surface area contributed by atoms with Gasteiger partial charge in [0.2, 0.25) is 5.91 Å². The van der Waals surface area contributed by atoms with Gasteiger partial charge < -0.3 is 20.7 Å². The van der Waals surface area contributed by atoms with Gasteiger partial charge in [0.05, 0.1) is 12.2 Å². The second kappa shape index (κ2) is 10.5. The Morgan fingerprint density at radius 3 is 2.43 bits per heavy atom. The van der Waals surface area contributed by atoms with Gasteiger partial charge in [-0.2, -0.15) is 0 Å². The van der Waals surface area contributed by atoms with E-state index in [1.807, 2.05) is 29.2 Å². The zero-order chi connectivity index (χ0) is 20.9. The van der Waals surface area contributed by atoms with Gasteiger partial charge in [0, 0.05) is 19.5 Å². The number of hydrogen-bond acceptors (Lipinski definition) is 3. The average molecular weight is 534 g/mol. The van der Waals surface area contributed by atoms with E-state index in [-0.39, 0.29) is 53.8 Å². The van der Waals surface area contributed by atoms with E-state index in [0.717, 1.165) is 24.1 Å². The van der Waals surface area contributed by atoms with Crippen LogP contribution in [-0.4, -0.2) is 29.7 Å². The fraction of sp³-hybridized carbons (Fsp3) is 0.300. The molecule has 10 heteroatoms. The van der Waals surface area contributed by atoms with Gasteiger partial charge in [-0.25, -0.2) is 4.99 Å². The number of rotatable bonds is 6. The topological polar surface area (TPSA) is 80.0 Å². The molecule has 0 aromatic heterocycles. The van der Waals surface area contributed by atoms with E-state index < -0.39 is 6.36 Å². The SMILES string of the molecule is I.NC(=NCc1ccc(CN2CCCC2=O)cc1)Nc1ccccc1OC(F)(F)F. The van der Waals surface area contributed by atoms with Gasteiger partial charge in [0.25, 0.3) is 0 Å². The number of alkyl halides is 3. The number of carbonyl (C=O) groups excluding carboxylic acids is 1. The number of carbonyl (C=O) groups is 1. The van der Waals surface area contributed by atoms with Crippen molar-refractivity contribution in [3.05, 3.63) is 59.7 Å². The van der Waals surface area contributed by atoms with E-state index in [2.05, 4.69) is 15.0 Å². The average Bonchev–Trinajstić information content (AvgIpc) is 3.06. The van der Waals surface area contributed by atoms with Gasteiger partial charge in [0.1, 0.15) is 0 Å². The third-order valence-electron chi connectivity index (χ3n) is 4.38. The van der Waals surface area contributed by atoms with Crippen molar-refractivity contribution in [1.29, 1.82) is 0 Å². The monoisotopic (exact) mass is 534 g/mol. The molecule has 0 aliphatic carbocycles. The highest BCUT2D eigenvalue weighted by atomic mass is 127. The maximum Gasteiger partial charge on any atom is 0.573 e. The maximum absolute atomic E-state index is 12.5. The van der Waals surface area contributed by atoms with Crippen molar-refractivity contribution in [2.75, 3.05) is 11.9 Å². The summed E-state index contributed by atoms with van der Waals surface area (Å²) in [5, 5.41) is 2.63. The van der Waals surface area contributed by atoms with Crippen LogP contribution in [0.3, 0.4) is 0 Å². The highest BCUT2D eigenvalue weighted by molar-refractivity contribution is 14.0. The molecule has 2 aromatic carbocycles. The van der Waals surface area contributed by atoms with Crippen molar-refractivity contribution in [1.82, 2.24) is 4.90 Å². The van der Waals surface area contributed by atoms with Gasteiger partial charge in [-0.15, -0.1) is 37.1 Å². The molecular formula is C20H22F3IN4O2. The van der Waals surface area contributed by atoms with Crippen molar-refractivity contribution in [3.8, 4) is 5.75 Å². The van der Waals surface area contributed by atoms with Crippen LogP contribution in [0.4, 0.5) is 18.9 Å². The predicted molar refractivity (Wildman–Crippen MR) is 119 cm³/mol. The number of ether oxygens (including phenoxy) is 1. The second-order valence-electron chi connectivity index (χ2n) is 6.61. The van der Waals surface area contributed by atoms with E-state index in [4.69, 9.17) is 5.73 Å². The van der Waals surface area contributed by atoms with Gasteiger partial charge >= 0.3 is 6.36 Å². The number of aliphatic imine (C=N–C) groups is 1. The fourth-order valence-corrected chi connectivity index (χ4v) is 2.98. The largest absolute Gasteiger partial charge is 0.573 e. The molecule has 0 spiro atoms. The van der Waals surface area contributed by atoms with Crippen LogP contribution < -0.4 is 15.8 Å². The molecule has 1 aliphatic rings. The van der Waals surface area contributed by atoms with Crippen molar-refractivity contribution in [2.24, 2.45) is 10.7 Å². The molecule has 0 bridgehead atoms. The molecule has 3 N–H and O–H groups in total. The summed E-state index contributed by atoms with van der Waals surface area (Å²) >= 11 is 0. The number of para-hydroxylation sites is 2. The van der Waals surface area contributed by atoms with E-state index in [0.29, 0.717) is 13.0 Å². The summed E-state index contributed by atoms with van der Waals surface area (Å²) in [6, 6.07) is 13.2. The number of amides is 1. The Balaban J connectivity index is 0.00000320. The Morgan fingerprint density at radius 2 is 1.80 bits per heavy atom. The van der Waals surface area contributed by atoms with Crippen molar-refractivity contribution < 1.29 is 22.7 Å². The number of anilines is 1. The van der Waals surface area contributed by atoms with E-state index in [1.165, 1.54) is 18.2 Å². The Kier molecular flexibility index (Phi) is 8.33. The van der Waals surface area contributed by atoms with E-state index >= 15 is 0 Å². The molecule has 6 nitrogen and oxygen atoms in total. The van der Waals surface area contributed by atoms with E-state index in [1.54, 1.807) is 6.07 Å². The highest BCUT2D eigenvalue weighted by Crippen LogP contribution is 2.29. The highest BCUT2D eigenvalue weighted by Gasteiger charge is 2.32. The molecule has 0 saturated carbocycles. The molecule has 30 heavy (non-hydrogen) atoms. The third kappa shape index (κ3) is 7.08. The molecule has 0 unspecified atom stereocenters. The zero-order valence-corrected chi connectivity index (χ0v) is 18.3. The summed E-state index contributed by atoms with van der Waals surface area (Å²) in [4.78, 5) is 17.7. The van der Waals surface area contributed by atoms with Crippen LogP contribution >= 0.6 is 24.0 Å². The van der Waals surface area contributed by atoms with Crippen LogP contribution in [0.5, 0.6) is 5.75 Å². The predicted octanol–water partition coefficient (Wildman–Crippen LogP) is 4.25. The van der Waals surface area contributed by atoms with Gasteiger partial charge in [-0.3, -0.25) is 4.79 Å². The lowest BCUT2D eigenvalue weighted by Gasteiger charge is -2.15. The first-order valence-corrected chi connectivity index (χ1v) is 9.07. The zero-order valence-electron chi connectivity index (χ0n) is 16.0. The minimum Gasteiger partial charge on any atom is -0.404 e. The third-order valence-corrected chi connectivity index (χ3v) is 4.38. The molecule has 0 atom stereocenters. The number of nitrogens with two attached hydrogens (primary N) is 1. The minimum atomic E-state index is -4.80. The number of nitrogens with zero attached hydrogens (tertiary/aromatic N) is 2. The number of halogens is 4. The number of benzene rings is 2. The molecule has 0 radical (unpaired) electrons. The summed E-state index contributed by atoms with van der Waals surface area (Å²) in [5.74, 6) is -0.249. The summed E-state index contributed by atoms with van der Waals surface area (Å²) in [7, 11) is 0. The fourth-order valence-electron chi connectivity index (χ4n) is 2.98. The first-order valence-electron chi connectivity index (χ1n) is 9.07. The molecule has 1 aliphatic heterocycles. The van der Waals surface area contributed by atoms with Crippen LogP contribution in [0.15, 0.2) is 53.5 Å². The lowest BCUT2D eigenvalue weighted by Crippen LogP contribution is -2.24. The molecule has 1 fully saturated rings. The molecule has 2 aromatic rings. The van der Waals surface area contributed by atoms with Crippen LogP contribution in [0, 0.1) is 0 Å². The lowest BCUT2D eigenvalue weighted by molar-refractivity contribution is -0.274. The Labute approximate surface area is 189 Å². The van der Waals surface area contributed by atoms with E-state index in [9.17, 15) is 18.0 Å². The number of likely N-dealkylation sites (tertiary alicyclic amines) is 1. The number of hydrogen-bond donors (Lipinski definition) is 2.